The molecule has 2 aromatic carbocycles. The molecule has 1 heterocycles. The van der Waals surface area contributed by atoms with Crippen LogP contribution in [0, 0.1) is 0 Å². The monoisotopic (exact) mass is 393 g/mol. The van der Waals surface area contributed by atoms with Crippen molar-refractivity contribution in [3.63, 3.8) is 0 Å². The van der Waals surface area contributed by atoms with Gasteiger partial charge in [-0.3, -0.25) is 4.79 Å². The van der Waals surface area contributed by atoms with Crippen LogP contribution in [0.2, 0.25) is 0 Å². The van der Waals surface area contributed by atoms with Gasteiger partial charge in [0.1, 0.15) is 22.8 Å². The van der Waals surface area contributed by atoms with Crippen molar-refractivity contribution in [1.29, 1.82) is 0 Å². The fraction of sp³-hybridized carbons (Fsp3) is 0.217. The zero-order valence-electron chi connectivity index (χ0n) is 16.6. The van der Waals surface area contributed by atoms with Gasteiger partial charge in [-0.05, 0) is 50.6 Å². The minimum atomic E-state index is -0.709. The second kappa shape index (κ2) is 8.65. The number of ether oxygens (including phenoxy) is 3. The third-order valence-electron chi connectivity index (χ3n) is 4.53. The number of Topliss-reactive ketones (excluding diaryl/α,β-unsaturated/α-hetero) is 1. The van der Waals surface area contributed by atoms with Crippen LogP contribution in [0.15, 0.2) is 77.4 Å². The molecule has 0 spiro atoms. The van der Waals surface area contributed by atoms with Gasteiger partial charge >= 0.3 is 5.97 Å². The normalized spacial score (nSPS) is 16.3. The largest absolute Gasteiger partial charge is 0.462 e. The summed E-state index contributed by atoms with van der Waals surface area (Å²) in [5.74, 6) is 0.0116. The molecule has 3 rings (SSSR count). The molecule has 0 aromatic heterocycles. The molecule has 1 aliphatic rings. The predicted octanol–water partition coefficient (Wildman–Crippen LogP) is 4.19. The van der Waals surface area contributed by atoms with Crippen LogP contribution in [0.4, 0.5) is 0 Å². The summed E-state index contributed by atoms with van der Waals surface area (Å²) < 4.78 is 16.6. The van der Waals surface area contributed by atoms with Crippen molar-refractivity contribution in [3.8, 4) is 11.5 Å². The van der Waals surface area contributed by atoms with Crippen LogP contribution >= 0.6 is 0 Å². The zero-order chi connectivity index (χ0) is 21.0. The van der Waals surface area contributed by atoms with Crippen molar-refractivity contribution in [3.05, 3.63) is 82.9 Å². The van der Waals surface area contributed by atoms with E-state index >= 15 is 0 Å². The van der Waals surface area contributed by atoms with E-state index in [0.717, 1.165) is 0 Å². The molecule has 0 fully saturated rings. The molecular weight excluding hydrogens is 370 g/mol. The summed E-state index contributed by atoms with van der Waals surface area (Å²) in [6, 6.07) is 16.5. The molecule has 150 valence electrons. The van der Waals surface area contributed by atoms with Gasteiger partial charge in [0.05, 0.1) is 12.5 Å². The molecule has 29 heavy (non-hydrogen) atoms. The van der Waals surface area contributed by atoms with Gasteiger partial charge in [-0.1, -0.05) is 30.3 Å². The smallest absolute Gasteiger partial charge is 0.340 e. The Hall–Kier alpha value is -3.54. The summed E-state index contributed by atoms with van der Waals surface area (Å²) in [7, 11) is 0. The van der Waals surface area contributed by atoms with Gasteiger partial charge in [0.15, 0.2) is 5.78 Å². The van der Waals surface area contributed by atoms with Crippen molar-refractivity contribution in [1.82, 2.24) is 0 Å². The number of nitrogens with two attached hydrogens (primary N) is 1. The summed E-state index contributed by atoms with van der Waals surface area (Å²) in [5.41, 5.74) is 7.18. The lowest BCUT2D eigenvalue weighted by Gasteiger charge is -2.29. The second-order valence-corrected chi connectivity index (χ2v) is 6.55. The number of rotatable bonds is 6. The molecule has 0 amide bonds. The van der Waals surface area contributed by atoms with E-state index in [1.807, 2.05) is 36.4 Å². The lowest BCUT2D eigenvalue weighted by molar-refractivity contribution is -0.139. The van der Waals surface area contributed by atoms with Crippen molar-refractivity contribution in [2.45, 2.75) is 26.7 Å². The molecule has 0 radical (unpaired) electrons. The number of hydrogen-bond donors (Lipinski definition) is 1. The minimum absolute atomic E-state index is 0.0645. The fourth-order valence-corrected chi connectivity index (χ4v) is 3.36. The molecule has 0 unspecified atom stereocenters. The Labute approximate surface area is 169 Å². The summed E-state index contributed by atoms with van der Waals surface area (Å²) in [5, 5.41) is 0. The summed E-state index contributed by atoms with van der Waals surface area (Å²) in [6.07, 6.45) is 0. The quantitative estimate of drug-likeness (QED) is 0.741. The first-order valence-corrected chi connectivity index (χ1v) is 9.31. The molecule has 0 saturated heterocycles. The van der Waals surface area contributed by atoms with Crippen LogP contribution in [0.25, 0.3) is 0 Å². The summed E-state index contributed by atoms with van der Waals surface area (Å²) in [4.78, 5) is 25.1. The highest BCUT2D eigenvalue weighted by molar-refractivity contribution is 6.01. The van der Waals surface area contributed by atoms with Gasteiger partial charge in [-0.2, -0.15) is 0 Å². The van der Waals surface area contributed by atoms with Gasteiger partial charge in [0.25, 0.3) is 0 Å². The number of para-hydroxylation sites is 1. The van der Waals surface area contributed by atoms with Gasteiger partial charge in [-0.15, -0.1) is 0 Å². The Kier molecular flexibility index (Phi) is 6.02. The number of carbonyl (C=O) groups is 2. The number of hydrogen-bond acceptors (Lipinski definition) is 6. The van der Waals surface area contributed by atoms with Crippen molar-refractivity contribution < 1.29 is 23.8 Å². The SMILES string of the molecule is CCOC(=O)C1=C(N)OC(C)=C(C(C)=O)[C@H]1c1cccc(Oc2ccccc2)c1. The molecule has 0 saturated carbocycles. The first-order valence-electron chi connectivity index (χ1n) is 9.31. The Bertz CT molecular complexity index is 991. The summed E-state index contributed by atoms with van der Waals surface area (Å²) >= 11 is 0. The van der Waals surface area contributed by atoms with Gasteiger partial charge in [-0.25, -0.2) is 4.79 Å². The highest BCUT2D eigenvalue weighted by Crippen LogP contribution is 2.41. The highest BCUT2D eigenvalue weighted by Gasteiger charge is 2.38. The predicted molar refractivity (Wildman–Crippen MR) is 108 cm³/mol. The maximum Gasteiger partial charge on any atom is 0.340 e. The van der Waals surface area contributed by atoms with E-state index in [9.17, 15) is 9.59 Å². The third kappa shape index (κ3) is 4.32. The van der Waals surface area contributed by atoms with Crippen LogP contribution in [-0.2, 0) is 19.1 Å². The van der Waals surface area contributed by atoms with Crippen molar-refractivity contribution in [2.24, 2.45) is 5.73 Å². The molecule has 1 atom stereocenters. The maximum absolute atomic E-state index is 12.6. The van der Waals surface area contributed by atoms with Crippen LogP contribution in [-0.4, -0.2) is 18.4 Å². The standard InChI is InChI=1S/C23H23NO5/c1-4-27-23(26)21-20(19(14(2)25)15(3)28-22(21)24)16-9-8-12-18(13-16)29-17-10-6-5-7-11-17/h5-13,20H,4,24H2,1-3H3/t20-/m1/s1. The maximum atomic E-state index is 12.6. The first kappa shape index (κ1) is 20.2. The molecule has 0 bridgehead atoms. The van der Waals surface area contributed by atoms with Crippen LogP contribution in [0.5, 0.6) is 11.5 Å². The van der Waals surface area contributed by atoms with E-state index in [4.69, 9.17) is 19.9 Å². The Morgan fingerprint density at radius 3 is 2.38 bits per heavy atom. The fourth-order valence-electron chi connectivity index (χ4n) is 3.36. The van der Waals surface area contributed by atoms with E-state index in [1.54, 1.807) is 32.0 Å². The Morgan fingerprint density at radius 2 is 1.72 bits per heavy atom. The minimum Gasteiger partial charge on any atom is -0.462 e. The van der Waals surface area contributed by atoms with E-state index in [0.29, 0.717) is 28.4 Å². The molecule has 0 aliphatic carbocycles. The Morgan fingerprint density at radius 1 is 1.03 bits per heavy atom. The van der Waals surface area contributed by atoms with E-state index in [-0.39, 0.29) is 23.8 Å². The summed E-state index contributed by atoms with van der Waals surface area (Å²) in [6.45, 7) is 4.97. The lowest BCUT2D eigenvalue weighted by atomic mass is 9.81. The van der Waals surface area contributed by atoms with Crippen molar-refractivity contribution >= 4 is 11.8 Å². The first-order chi connectivity index (χ1) is 13.9. The highest BCUT2D eigenvalue weighted by atomic mass is 16.5. The van der Waals surface area contributed by atoms with Crippen molar-refractivity contribution in [2.75, 3.05) is 6.61 Å². The topological polar surface area (TPSA) is 87.9 Å². The second-order valence-electron chi connectivity index (χ2n) is 6.55. The van der Waals surface area contributed by atoms with Gasteiger partial charge < -0.3 is 19.9 Å². The number of ketones is 1. The van der Waals surface area contributed by atoms with E-state index in [2.05, 4.69) is 0 Å². The van der Waals surface area contributed by atoms with Gasteiger partial charge in [0, 0.05) is 5.57 Å². The number of carbonyl (C=O) groups excluding carboxylic acids is 2. The molecule has 2 aromatic rings. The lowest BCUT2D eigenvalue weighted by Crippen LogP contribution is -2.28. The van der Waals surface area contributed by atoms with Crippen LogP contribution < -0.4 is 10.5 Å². The number of esters is 1. The average molecular weight is 393 g/mol. The average Bonchev–Trinajstić information content (AvgIpc) is 2.68. The number of benzene rings is 2. The van der Waals surface area contributed by atoms with Crippen LogP contribution in [0.1, 0.15) is 32.3 Å². The zero-order valence-corrected chi connectivity index (χ0v) is 16.6. The molecule has 1 aliphatic heterocycles. The number of allylic oxidation sites excluding steroid dienone is 2. The van der Waals surface area contributed by atoms with Gasteiger partial charge in [0.2, 0.25) is 5.88 Å². The molecule has 6 nitrogen and oxygen atoms in total. The molecular formula is C23H23NO5. The van der Waals surface area contributed by atoms with E-state index in [1.165, 1.54) is 6.92 Å². The third-order valence-corrected chi connectivity index (χ3v) is 4.53. The van der Waals surface area contributed by atoms with Crippen LogP contribution in [0.3, 0.4) is 0 Å². The molecule has 2 N–H and O–H groups in total. The molecule has 6 heteroatoms. The Balaban J connectivity index is 2.08. The van der Waals surface area contributed by atoms with E-state index < -0.39 is 11.9 Å².